The van der Waals surface area contributed by atoms with Gasteiger partial charge in [0.25, 0.3) is 0 Å². The first-order valence-electron chi connectivity index (χ1n) is 4.11. The van der Waals surface area contributed by atoms with E-state index in [1.165, 1.54) is 13.2 Å². The number of ether oxygens (including phenoxy) is 2. The number of carbonyl (C=O) groups is 1. The van der Waals surface area contributed by atoms with Crippen LogP contribution in [-0.4, -0.2) is 19.7 Å². The van der Waals surface area contributed by atoms with E-state index >= 15 is 0 Å². The van der Waals surface area contributed by atoms with Crippen molar-refractivity contribution in [3.05, 3.63) is 42.5 Å². The van der Waals surface area contributed by atoms with E-state index < -0.39 is 0 Å². The first-order valence-corrected chi connectivity index (χ1v) is 4.11. The lowest BCUT2D eigenvalue weighted by atomic mass is 10.2. The van der Waals surface area contributed by atoms with E-state index in [-0.39, 0.29) is 5.97 Å². The maximum Gasteiger partial charge on any atom is 0.337 e. The SMILES string of the molecule is C=CCOc1[c]cc(C(=O)OC)cc1. The Bertz CT molecular complexity index is 314. The van der Waals surface area contributed by atoms with Gasteiger partial charge in [-0.15, -0.1) is 0 Å². The highest BCUT2D eigenvalue weighted by Crippen LogP contribution is 2.11. The van der Waals surface area contributed by atoms with E-state index in [2.05, 4.69) is 17.4 Å². The third-order valence-electron chi connectivity index (χ3n) is 1.56. The van der Waals surface area contributed by atoms with E-state index in [4.69, 9.17) is 4.74 Å². The summed E-state index contributed by atoms with van der Waals surface area (Å²) in [6.45, 7) is 3.95. The molecule has 0 N–H and O–H groups in total. The molecule has 1 aromatic rings. The van der Waals surface area contributed by atoms with Gasteiger partial charge in [0.2, 0.25) is 0 Å². The molecule has 0 amide bonds. The highest BCUT2D eigenvalue weighted by molar-refractivity contribution is 5.89. The van der Waals surface area contributed by atoms with E-state index in [0.29, 0.717) is 17.9 Å². The second kappa shape index (κ2) is 5.07. The molecule has 0 atom stereocenters. The Labute approximate surface area is 83.0 Å². The lowest BCUT2D eigenvalue weighted by molar-refractivity contribution is 0.0600. The molecule has 0 spiro atoms. The highest BCUT2D eigenvalue weighted by atomic mass is 16.5. The van der Waals surface area contributed by atoms with Crippen LogP contribution in [0.2, 0.25) is 0 Å². The number of rotatable bonds is 4. The van der Waals surface area contributed by atoms with Crippen LogP contribution in [-0.2, 0) is 4.74 Å². The van der Waals surface area contributed by atoms with Crippen LogP contribution < -0.4 is 4.74 Å². The first-order chi connectivity index (χ1) is 6.77. The molecule has 0 heterocycles. The molecule has 0 unspecified atom stereocenters. The number of benzene rings is 1. The minimum atomic E-state index is -0.378. The van der Waals surface area contributed by atoms with Gasteiger partial charge in [-0.2, -0.15) is 0 Å². The summed E-state index contributed by atoms with van der Waals surface area (Å²) in [7, 11) is 1.34. The zero-order valence-corrected chi connectivity index (χ0v) is 7.95. The quantitative estimate of drug-likeness (QED) is 0.538. The topological polar surface area (TPSA) is 35.5 Å². The molecule has 0 aliphatic rings. The van der Waals surface area contributed by atoms with Crippen molar-refractivity contribution in [3.63, 3.8) is 0 Å². The van der Waals surface area contributed by atoms with Crippen LogP contribution in [0.25, 0.3) is 0 Å². The fraction of sp³-hybridized carbons (Fsp3) is 0.182. The third kappa shape index (κ3) is 2.62. The molecule has 0 aliphatic heterocycles. The van der Waals surface area contributed by atoms with Crippen LogP contribution in [0, 0.1) is 6.07 Å². The predicted octanol–water partition coefficient (Wildman–Crippen LogP) is 1.84. The van der Waals surface area contributed by atoms with Crippen molar-refractivity contribution >= 4 is 5.97 Å². The molecule has 0 bridgehead atoms. The van der Waals surface area contributed by atoms with Gasteiger partial charge in [-0.1, -0.05) is 12.7 Å². The summed E-state index contributed by atoms with van der Waals surface area (Å²) in [5.74, 6) is 0.203. The molecule has 0 aromatic heterocycles. The zero-order valence-electron chi connectivity index (χ0n) is 7.95. The van der Waals surface area contributed by atoms with E-state index in [1.807, 2.05) is 0 Å². The molecule has 73 valence electrons. The molecule has 0 saturated heterocycles. The Morgan fingerprint density at radius 2 is 2.43 bits per heavy atom. The Morgan fingerprint density at radius 3 is 2.93 bits per heavy atom. The molecule has 1 radical (unpaired) electrons. The Morgan fingerprint density at radius 1 is 1.64 bits per heavy atom. The van der Waals surface area contributed by atoms with E-state index in [9.17, 15) is 4.79 Å². The van der Waals surface area contributed by atoms with Crippen LogP contribution in [0.1, 0.15) is 10.4 Å². The smallest absolute Gasteiger partial charge is 0.337 e. The van der Waals surface area contributed by atoms with E-state index in [1.54, 1.807) is 18.2 Å². The van der Waals surface area contributed by atoms with Crippen molar-refractivity contribution < 1.29 is 14.3 Å². The van der Waals surface area contributed by atoms with E-state index in [0.717, 1.165) is 0 Å². The standard InChI is InChI=1S/C11H11O3/c1-3-8-14-10-6-4-9(5-7-10)11(12)13-2/h3-6H,1,8H2,2H3. The molecule has 14 heavy (non-hydrogen) atoms. The highest BCUT2D eigenvalue weighted by Gasteiger charge is 2.04. The van der Waals surface area contributed by atoms with Crippen molar-refractivity contribution in [1.82, 2.24) is 0 Å². The van der Waals surface area contributed by atoms with Crippen molar-refractivity contribution in [2.75, 3.05) is 13.7 Å². The lowest BCUT2D eigenvalue weighted by Crippen LogP contribution is -2.01. The monoisotopic (exact) mass is 191 g/mol. The summed E-state index contributed by atoms with van der Waals surface area (Å²) >= 11 is 0. The van der Waals surface area contributed by atoms with Crippen molar-refractivity contribution in [2.24, 2.45) is 0 Å². The average molecular weight is 191 g/mol. The number of methoxy groups -OCH3 is 1. The minimum absolute atomic E-state index is 0.378. The number of carbonyl (C=O) groups excluding carboxylic acids is 1. The molecule has 0 saturated carbocycles. The van der Waals surface area contributed by atoms with Crippen LogP contribution in [0.3, 0.4) is 0 Å². The predicted molar refractivity (Wildman–Crippen MR) is 52.3 cm³/mol. The van der Waals surface area contributed by atoms with Crippen molar-refractivity contribution in [1.29, 1.82) is 0 Å². The van der Waals surface area contributed by atoms with Gasteiger partial charge in [0.15, 0.2) is 0 Å². The molecule has 0 fully saturated rings. The molecular weight excluding hydrogens is 180 g/mol. The summed E-state index contributed by atoms with van der Waals surface area (Å²) in [6.07, 6.45) is 1.64. The third-order valence-corrected chi connectivity index (χ3v) is 1.56. The van der Waals surface area contributed by atoms with Crippen molar-refractivity contribution in [3.8, 4) is 5.75 Å². The molecular formula is C11H11O3. The number of esters is 1. The van der Waals surface area contributed by atoms with Gasteiger partial charge in [0.05, 0.1) is 12.7 Å². The largest absolute Gasteiger partial charge is 0.489 e. The van der Waals surface area contributed by atoms with Crippen molar-refractivity contribution in [2.45, 2.75) is 0 Å². The van der Waals surface area contributed by atoms with Crippen LogP contribution in [0.4, 0.5) is 0 Å². The van der Waals surface area contributed by atoms with Gasteiger partial charge in [-0.25, -0.2) is 4.79 Å². The van der Waals surface area contributed by atoms with Gasteiger partial charge >= 0.3 is 5.97 Å². The van der Waals surface area contributed by atoms with Gasteiger partial charge in [-0.05, 0) is 18.2 Å². The first kappa shape index (κ1) is 10.3. The average Bonchev–Trinajstić information content (AvgIpc) is 2.26. The molecule has 3 heteroatoms. The van der Waals surface area contributed by atoms with Gasteiger partial charge in [0, 0.05) is 6.07 Å². The molecule has 1 rings (SSSR count). The Hall–Kier alpha value is -1.77. The fourth-order valence-corrected chi connectivity index (χ4v) is 0.894. The summed E-state index contributed by atoms with van der Waals surface area (Å²) in [5, 5.41) is 0. The van der Waals surface area contributed by atoms with Gasteiger partial charge in [-0.3, -0.25) is 0 Å². The lowest BCUT2D eigenvalue weighted by Gasteiger charge is -2.03. The summed E-state index contributed by atoms with van der Waals surface area (Å²) in [4.78, 5) is 11.0. The molecule has 3 nitrogen and oxygen atoms in total. The second-order valence-electron chi connectivity index (χ2n) is 2.53. The second-order valence-corrected chi connectivity index (χ2v) is 2.53. The maximum absolute atomic E-state index is 11.0. The Balaban J connectivity index is 2.68. The zero-order chi connectivity index (χ0) is 10.4. The maximum atomic E-state index is 11.0. The van der Waals surface area contributed by atoms with Crippen LogP contribution in [0.15, 0.2) is 30.9 Å². The number of hydrogen-bond donors (Lipinski definition) is 0. The summed E-state index contributed by atoms with van der Waals surface area (Å²) < 4.78 is 9.74. The summed E-state index contributed by atoms with van der Waals surface area (Å²) in [6, 6.07) is 7.64. The minimum Gasteiger partial charge on any atom is -0.489 e. The van der Waals surface area contributed by atoms with Gasteiger partial charge in [0.1, 0.15) is 12.4 Å². The van der Waals surface area contributed by atoms with Crippen LogP contribution in [0.5, 0.6) is 5.75 Å². The summed E-state index contributed by atoms with van der Waals surface area (Å²) in [5.41, 5.74) is 0.457. The van der Waals surface area contributed by atoms with Crippen LogP contribution >= 0.6 is 0 Å². The molecule has 0 aliphatic carbocycles. The fourth-order valence-electron chi connectivity index (χ4n) is 0.894. The van der Waals surface area contributed by atoms with Gasteiger partial charge < -0.3 is 9.47 Å². The Kier molecular flexibility index (Phi) is 3.73. The number of hydrogen-bond acceptors (Lipinski definition) is 3. The molecule has 1 aromatic carbocycles. The normalized spacial score (nSPS) is 9.21.